The first kappa shape index (κ1) is 21.5. The fourth-order valence-corrected chi connectivity index (χ4v) is 4.49. The SMILES string of the molecule is C=CS(=O)(=O)c1ccc2c(=O)c3ccccc3n(Cc3cc(OC)c(O)c(OC)c3)c2c1. The highest BCUT2D eigenvalue weighted by molar-refractivity contribution is 7.94. The third-order valence-corrected chi connectivity index (χ3v) is 6.72. The molecule has 1 heterocycles. The van der Waals surface area contributed by atoms with Crippen molar-refractivity contribution in [2.45, 2.75) is 11.4 Å². The van der Waals surface area contributed by atoms with Crippen LogP contribution in [0.3, 0.4) is 0 Å². The number of fused-ring (bicyclic) bond motifs is 2. The first-order valence-corrected chi connectivity index (χ1v) is 11.2. The lowest BCUT2D eigenvalue weighted by Gasteiger charge is -2.17. The smallest absolute Gasteiger partial charge is 0.200 e. The largest absolute Gasteiger partial charge is 0.502 e. The van der Waals surface area contributed by atoms with Crippen LogP contribution >= 0.6 is 0 Å². The van der Waals surface area contributed by atoms with E-state index in [1.807, 2.05) is 10.6 Å². The summed E-state index contributed by atoms with van der Waals surface area (Å²) in [7, 11) is -0.818. The number of ether oxygens (including phenoxy) is 2. The van der Waals surface area contributed by atoms with E-state index in [1.165, 1.54) is 32.4 Å². The van der Waals surface area contributed by atoms with Crippen molar-refractivity contribution in [1.82, 2.24) is 4.57 Å². The summed E-state index contributed by atoms with van der Waals surface area (Å²) >= 11 is 0. The molecule has 8 heteroatoms. The van der Waals surface area contributed by atoms with Crippen molar-refractivity contribution in [3.63, 3.8) is 0 Å². The summed E-state index contributed by atoms with van der Waals surface area (Å²) in [6, 6.07) is 14.9. The molecule has 0 saturated heterocycles. The van der Waals surface area contributed by atoms with Gasteiger partial charge in [-0.2, -0.15) is 0 Å². The van der Waals surface area contributed by atoms with E-state index in [9.17, 15) is 18.3 Å². The minimum absolute atomic E-state index is 0.0456. The number of methoxy groups -OCH3 is 2. The summed E-state index contributed by atoms with van der Waals surface area (Å²) in [5.74, 6) is 0.362. The molecule has 164 valence electrons. The van der Waals surface area contributed by atoms with Gasteiger partial charge < -0.3 is 19.1 Å². The van der Waals surface area contributed by atoms with E-state index in [1.54, 1.807) is 30.3 Å². The second-order valence-corrected chi connectivity index (χ2v) is 9.07. The normalized spacial score (nSPS) is 11.6. The zero-order valence-electron chi connectivity index (χ0n) is 17.5. The summed E-state index contributed by atoms with van der Waals surface area (Å²) in [6.45, 7) is 3.65. The van der Waals surface area contributed by atoms with Gasteiger partial charge in [0, 0.05) is 22.7 Å². The van der Waals surface area contributed by atoms with Gasteiger partial charge in [-0.15, -0.1) is 0 Å². The van der Waals surface area contributed by atoms with Gasteiger partial charge in [-0.1, -0.05) is 18.7 Å². The highest BCUT2D eigenvalue weighted by atomic mass is 32.2. The quantitative estimate of drug-likeness (QED) is 0.448. The number of hydrogen-bond acceptors (Lipinski definition) is 6. The molecule has 0 saturated carbocycles. The molecule has 0 atom stereocenters. The number of benzene rings is 3. The minimum Gasteiger partial charge on any atom is -0.502 e. The third-order valence-electron chi connectivity index (χ3n) is 5.37. The topological polar surface area (TPSA) is 94.8 Å². The molecule has 1 aromatic heterocycles. The average Bonchev–Trinajstić information content (AvgIpc) is 2.82. The van der Waals surface area contributed by atoms with Crippen molar-refractivity contribution >= 4 is 31.6 Å². The molecule has 0 bridgehead atoms. The van der Waals surface area contributed by atoms with Crippen LogP contribution < -0.4 is 14.9 Å². The van der Waals surface area contributed by atoms with Gasteiger partial charge >= 0.3 is 0 Å². The molecular formula is C24H21NO6S. The zero-order chi connectivity index (χ0) is 23.0. The Morgan fingerprint density at radius 1 is 0.969 bits per heavy atom. The fraction of sp³-hybridized carbons (Fsp3) is 0.125. The van der Waals surface area contributed by atoms with E-state index in [0.717, 1.165) is 11.0 Å². The predicted molar refractivity (Wildman–Crippen MR) is 123 cm³/mol. The Morgan fingerprint density at radius 3 is 2.22 bits per heavy atom. The van der Waals surface area contributed by atoms with Crippen molar-refractivity contribution in [1.29, 1.82) is 0 Å². The van der Waals surface area contributed by atoms with E-state index < -0.39 is 9.84 Å². The average molecular weight is 452 g/mol. The van der Waals surface area contributed by atoms with Crippen LogP contribution in [-0.4, -0.2) is 32.3 Å². The minimum atomic E-state index is -3.70. The Morgan fingerprint density at radius 2 is 1.59 bits per heavy atom. The van der Waals surface area contributed by atoms with Gasteiger partial charge in [0.05, 0.1) is 30.1 Å². The number of rotatable bonds is 6. The van der Waals surface area contributed by atoms with Gasteiger partial charge in [0.1, 0.15) is 0 Å². The molecule has 4 aromatic rings. The van der Waals surface area contributed by atoms with Gasteiger partial charge in [0.15, 0.2) is 26.8 Å². The van der Waals surface area contributed by atoms with E-state index in [4.69, 9.17) is 9.47 Å². The Hall–Kier alpha value is -3.78. The molecule has 0 fully saturated rings. The third kappa shape index (κ3) is 3.48. The monoisotopic (exact) mass is 451 g/mol. The lowest BCUT2D eigenvalue weighted by molar-refractivity contribution is 0.339. The molecule has 32 heavy (non-hydrogen) atoms. The molecule has 0 aliphatic rings. The van der Waals surface area contributed by atoms with Gasteiger partial charge in [0.2, 0.25) is 5.75 Å². The van der Waals surface area contributed by atoms with Crippen molar-refractivity contribution in [3.05, 3.63) is 82.4 Å². The van der Waals surface area contributed by atoms with Crippen LogP contribution in [0.25, 0.3) is 21.8 Å². The highest BCUT2D eigenvalue weighted by Crippen LogP contribution is 2.37. The first-order valence-electron chi connectivity index (χ1n) is 9.67. The van der Waals surface area contributed by atoms with Crippen LogP contribution in [-0.2, 0) is 16.4 Å². The second-order valence-electron chi connectivity index (χ2n) is 7.17. The van der Waals surface area contributed by atoms with Crippen LogP contribution in [0.2, 0.25) is 0 Å². The van der Waals surface area contributed by atoms with Crippen LogP contribution in [0.5, 0.6) is 17.2 Å². The number of aromatic hydroxyl groups is 1. The highest BCUT2D eigenvalue weighted by Gasteiger charge is 2.17. The molecule has 0 spiro atoms. The van der Waals surface area contributed by atoms with Crippen molar-refractivity contribution in [2.75, 3.05) is 14.2 Å². The van der Waals surface area contributed by atoms with E-state index in [0.29, 0.717) is 21.8 Å². The second kappa shape index (κ2) is 8.05. The Bertz CT molecular complexity index is 1510. The number of nitrogens with zero attached hydrogens (tertiary/aromatic N) is 1. The van der Waals surface area contributed by atoms with Crippen LogP contribution in [0.4, 0.5) is 0 Å². The number of hydrogen-bond donors (Lipinski definition) is 1. The Balaban J connectivity index is 2.06. The van der Waals surface area contributed by atoms with Crippen LogP contribution in [0.1, 0.15) is 5.56 Å². The number of phenolic OH excluding ortho intramolecular Hbond substituents is 1. The maximum absolute atomic E-state index is 13.1. The molecule has 0 aliphatic heterocycles. The Kier molecular flexibility index (Phi) is 5.40. The van der Waals surface area contributed by atoms with Crippen molar-refractivity contribution in [3.8, 4) is 17.2 Å². The van der Waals surface area contributed by atoms with Gasteiger partial charge in [-0.05, 0) is 48.0 Å². The lowest BCUT2D eigenvalue weighted by atomic mass is 10.1. The number of phenols is 1. The van der Waals surface area contributed by atoms with E-state index in [-0.39, 0.29) is 34.1 Å². The lowest BCUT2D eigenvalue weighted by Crippen LogP contribution is -2.13. The Labute approximate surface area is 184 Å². The van der Waals surface area contributed by atoms with Gasteiger partial charge in [-0.3, -0.25) is 4.79 Å². The van der Waals surface area contributed by atoms with Crippen molar-refractivity contribution in [2.24, 2.45) is 0 Å². The molecule has 1 N–H and O–H groups in total. The zero-order valence-corrected chi connectivity index (χ0v) is 18.3. The summed E-state index contributed by atoms with van der Waals surface area (Å²) in [4.78, 5) is 13.2. The summed E-state index contributed by atoms with van der Waals surface area (Å²) < 4.78 is 37.2. The number of sulfone groups is 1. The molecule has 0 aliphatic carbocycles. The number of pyridine rings is 1. The van der Waals surface area contributed by atoms with Gasteiger partial charge in [-0.25, -0.2) is 8.42 Å². The molecule has 4 rings (SSSR count). The number of aromatic nitrogens is 1. The summed E-state index contributed by atoms with van der Waals surface area (Å²) in [6.07, 6.45) is 0. The first-order chi connectivity index (χ1) is 15.3. The molecular weight excluding hydrogens is 430 g/mol. The maximum Gasteiger partial charge on any atom is 0.200 e. The summed E-state index contributed by atoms with van der Waals surface area (Å²) in [5.41, 5.74) is 1.64. The summed E-state index contributed by atoms with van der Waals surface area (Å²) in [5, 5.41) is 12.0. The van der Waals surface area contributed by atoms with Gasteiger partial charge in [0.25, 0.3) is 0 Å². The van der Waals surface area contributed by atoms with Crippen LogP contribution in [0, 0.1) is 0 Å². The number of para-hydroxylation sites is 1. The molecule has 7 nitrogen and oxygen atoms in total. The van der Waals surface area contributed by atoms with E-state index >= 15 is 0 Å². The molecule has 0 amide bonds. The standard InChI is InChI=1S/C24H21NO6S/c1-4-32(28,29)16-9-10-18-20(13-16)25(19-8-6-5-7-17(19)23(18)26)14-15-11-21(30-2)24(27)22(12-15)31-3/h4-13,27H,1,14H2,2-3H3. The van der Waals surface area contributed by atoms with Crippen LogP contribution in [0.15, 0.2) is 76.3 Å². The van der Waals surface area contributed by atoms with Crippen molar-refractivity contribution < 1.29 is 23.0 Å². The molecule has 3 aromatic carbocycles. The predicted octanol–water partition coefficient (Wildman–Crippen LogP) is 3.84. The fourth-order valence-electron chi connectivity index (χ4n) is 3.77. The molecule has 0 radical (unpaired) electrons. The molecule has 0 unspecified atom stereocenters. The maximum atomic E-state index is 13.1. The van der Waals surface area contributed by atoms with E-state index in [2.05, 4.69) is 6.58 Å².